The Morgan fingerprint density at radius 2 is 1.53 bits per heavy atom. The smallest absolute Gasteiger partial charge is 0.273 e. The van der Waals surface area contributed by atoms with Gasteiger partial charge in [0.05, 0.1) is 19.3 Å². The van der Waals surface area contributed by atoms with Gasteiger partial charge in [0.25, 0.3) is 11.8 Å². The summed E-state index contributed by atoms with van der Waals surface area (Å²) in [5, 5.41) is 2.47. The van der Waals surface area contributed by atoms with Gasteiger partial charge in [-0.25, -0.2) is 0 Å². The molecule has 0 radical (unpaired) electrons. The maximum absolute atomic E-state index is 12.4. The highest BCUT2D eigenvalue weighted by molar-refractivity contribution is 7.80. The van der Waals surface area contributed by atoms with Crippen molar-refractivity contribution >= 4 is 29.1 Å². The summed E-state index contributed by atoms with van der Waals surface area (Å²) in [6, 6.07) is 23.5. The minimum Gasteiger partial charge on any atom is -0.496 e. The van der Waals surface area contributed by atoms with E-state index in [2.05, 4.69) is 16.2 Å². The van der Waals surface area contributed by atoms with E-state index in [9.17, 15) is 9.59 Å². The largest absolute Gasteiger partial charge is 0.496 e. The highest BCUT2D eigenvalue weighted by Crippen LogP contribution is 2.16. The van der Waals surface area contributed by atoms with Crippen molar-refractivity contribution in [2.24, 2.45) is 0 Å². The molecular formula is C24H23N3O4S. The van der Waals surface area contributed by atoms with Crippen LogP contribution in [0.3, 0.4) is 0 Å². The molecule has 3 rings (SSSR count). The van der Waals surface area contributed by atoms with E-state index in [1.165, 1.54) is 12.7 Å². The van der Waals surface area contributed by atoms with Crippen molar-refractivity contribution in [2.45, 2.75) is 6.42 Å². The first-order valence-electron chi connectivity index (χ1n) is 9.88. The van der Waals surface area contributed by atoms with Crippen molar-refractivity contribution < 1.29 is 19.1 Å². The molecule has 0 heterocycles. The van der Waals surface area contributed by atoms with Crippen LogP contribution in [0.25, 0.3) is 0 Å². The minimum atomic E-state index is -0.448. The maximum Gasteiger partial charge on any atom is 0.273 e. The van der Waals surface area contributed by atoms with Crippen LogP contribution in [0.5, 0.6) is 11.5 Å². The lowest BCUT2D eigenvalue weighted by atomic mass is 10.2. The summed E-state index contributed by atoms with van der Waals surface area (Å²) < 4.78 is 10.9. The van der Waals surface area contributed by atoms with Gasteiger partial charge in [0.15, 0.2) is 5.11 Å². The third-order valence-electron chi connectivity index (χ3n) is 4.49. The van der Waals surface area contributed by atoms with Crippen molar-refractivity contribution in [2.75, 3.05) is 13.7 Å². The fourth-order valence-corrected chi connectivity index (χ4v) is 3.00. The van der Waals surface area contributed by atoms with E-state index in [1.807, 2.05) is 30.3 Å². The van der Waals surface area contributed by atoms with Gasteiger partial charge < -0.3 is 9.47 Å². The Labute approximate surface area is 191 Å². The molecule has 0 unspecified atom stereocenters. The van der Waals surface area contributed by atoms with E-state index in [-0.39, 0.29) is 5.11 Å². The molecule has 0 aliphatic heterocycles. The van der Waals surface area contributed by atoms with Crippen molar-refractivity contribution in [3.63, 3.8) is 0 Å². The maximum atomic E-state index is 12.4. The van der Waals surface area contributed by atoms with Crippen molar-refractivity contribution in [3.05, 3.63) is 95.6 Å². The topological polar surface area (TPSA) is 88.7 Å². The van der Waals surface area contributed by atoms with Gasteiger partial charge in [-0.15, -0.1) is 0 Å². The quantitative estimate of drug-likeness (QED) is 0.379. The van der Waals surface area contributed by atoms with E-state index in [0.29, 0.717) is 29.2 Å². The molecule has 7 nitrogen and oxygen atoms in total. The van der Waals surface area contributed by atoms with Crippen LogP contribution < -0.4 is 25.6 Å². The molecule has 3 aromatic carbocycles. The number of hydrogen-bond acceptors (Lipinski definition) is 5. The average Bonchev–Trinajstić information content (AvgIpc) is 2.83. The van der Waals surface area contributed by atoms with Crippen LogP contribution in [0.2, 0.25) is 0 Å². The summed E-state index contributed by atoms with van der Waals surface area (Å²) in [4.78, 5) is 24.6. The number of thiocarbonyl (C=S) groups is 1. The molecule has 0 aliphatic rings. The zero-order chi connectivity index (χ0) is 22.8. The number of amides is 2. The summed E-state index contributed by atoms with van der Waals surface area (Å²) >= 11 is 5.08. The number of carbonyl (C=O) groups is 2. The fourth-order valence-electron chi connectivity index (χ4n) is 2.85. The van der Waals surface area contributed by atoms with Gasteiger partial charge >= 0.3 is 0 Å². The highest BCUT2D eigenvalue weighted by atomic mass is 32.1. The van der Waals surface area contributed by atoms with E-state index in [1.54, 1.807) is 48.5 Å². The molecule has 2 amide bonds. The number of hydrogen-bond donors (Lipinski definition) is 3. The molecule has 0 aliphatic carbocycles. The highest BCUT2D eigenvalue weighted by Gasteiger charge is 2.13. The third kappa shape index (κ3) is 6.55. The second-order valence-electron chi connectivity index (χ2n) is 6.67. The van der Waals surface area contributed by atoms with E-state index < -0.39 is 11.8 Å². The predicted octanol–water partition coefficient (Wildman–Crippen LogP) is 3.27. The summed E-state index contributed by atoms with van der Waals surface area (Å²) in [6.07, 6.45) is 0.795. The number of rotatable bonds is 7. The summed E-state index contributed by atoms with van der Waals surface area (Å²) in [6.45, 7) is 0.537. The molecule has 164 valence electrons. The van der Waals surface area contributed by atoms with Crippen molar-refractivity contribution in [1.82, 2.24) is 16.2 Å². The third-order valence-corrected chi connectivity index (χ3v) is 4.69. The zero-order valence-electron chi connectivity index (χ0n) is 17.5. The van der Waals surface area contributed by atoms with Crippen LogP contribution in [0.1, 0.15) is 26.3 Å². The van der Waals surface area contributed by atoms with E-state index in [0.717, 1.165) is 6.42 Å². The molecule has 0 saturated carbocycles. The Balaban J connectivity index is 1.44. The van der Waals surface area contributed by atoms with Crippen LogP contribution in [0, 0.1) is 0 Å². The van der Waals surface area contributed by atoms with Crippen molar-refractivity contribution in [1.29, 1.82) is 0 Å². The summed E-state index contributed by atoms with van der Waals surface area (Å²) in [7, 11) is 1.48. The molecule has 0 aromatic heterocycles. The molecule has 32 heavy (non-hydrogen) atoms. The van der Waals surface area contributed by atoms with E-state index >= 15 is 0 Å². The number of para-hydroxylation sites is 1. The molecular weight excluding hydrogens is 426 g/mol. The molecule has 3 N–H and O–H groups in total. The normalized spacial score (nSPS) is 10.0. The van der Waals surface area contributed by atoms with Gasteiger partial charge in [-0.3, -0.25) is 25.8 Å². The Morgan fingerprint density at radius 3 is 2.25 bits per heavy atom. The van der Waals surface area contributed by atoms with Crippen LogP contribution in [0.15, 0.2) is 78.9 Å². The van der Waals surface area contributed by atoms with Crippen LogP contribution >= 0.6 is 12.2 Å². The lowest BCUT2D eigenvalue weighted by Gasteiger charge is -2.12. The molecule has 0 bridgehead atoms. The molecule has 0 spiro atoms. The molecule has 0 fully saturated rings. The monoisotopic (exact) mass is 449 g/mol. The molecule has 8 heteroatoms. The second-order valence-corrected chi connectivity index (χ2v) is 7.08. The number of hydrazine groups is 1. The lowest BCUT2D eigenvalue weighted by Crippen LogP contribution is -2.48. The Morgan fingerprint density at radius 1 is 0.844 bits per heavy atom. The Bertz CT molecular complexity index is 1070. The number of nitrogens with one attached hydrogen (secondary N) is 3. The number of carbonyl (C=O) groups excluding carboxylic acids is 2. The van der Waals surface area contributed by atoms with Gasteiger partial charge in [0.2, 0.25) is 0 Å². The van der Waals surface area contributed by atoms with Gasteiger partial charge in [0.1, 0.15) is 11.5 Å². The van der Waals surface area contributed by atoms with Crippen LogP contribution in [-0.4, -0.2) is 30.6 Å². The van der Waals surface area contributed by atoms with E-state index in [4.69, 9.17) is 21.7 Å². The van der Waals surface area contributed by atoms with Gasteiger partial charge in [-0.1, -0.05) is 42.5 Å². The van der Waals surface area contributed by atoms with Gasteiger partial charge in [0, 0.05) is 12.0 Å². The zero-order valence-corrected chi connectivity index (χ0v) is 18.3. The Hall–Kier alpha value is -3.91. The van der Waals surface area contributed by atoms with Crippen molar-refractivity contribution in [3.8, 4) is 11.5 Å². The molecule has 3 aromatic rings. The average molecular weight is 450 g/mol. The Kier molecular flexibility index (Phi) is 8.16. The SMILES string of the molecule is COc1ccccc1C(=O)NNC(=S)NC(=O)c1ccc(OCCc2ccccc2)cc1. The first kappa shape index (κ1) is 22.8. The number of methoxy groups -OCH3 is 1. The van der Waals surface area contributed by atoms with Crippen LogP contribution in [0.4, 0.5) is 0 Å². The van der Waals surface area contributed by atoms with Gasteiger partial charge in [-0.2, -0.15) is 0 Å². The van der Waals surface area contributed by atoms with Gasteiger partial charge in [-0.05, 0) is 54.2 Å². The summed E-state index contributed by atoms with van der Waals surface area (Å²) in [5.74, 6) is 0.232. The first-order chi connectivity index (χ1) is 15.6. The first-order valence-corrected chi connectivity index (χ1v) is 10.3. The minimum absolute atomic E-state index is 0.0403. The number of ether oxygens (including phenoxy) is 2. The standard InChI is InChI=1S/C24H23N3O4S/c1-30-21-10-6-5-9-20(21)23(29)26-27-24(32)25-22(28)18-11-13-19(14-12-18)31-16-15-17-7-3-2-4-8-17/h2-14H,15-16H2,1H3,(H,26,29)(H2,25,27,28,32). The second kappa shape index (κ2) is 11.5. The molecule has 0 atom stereocenters. The summed E-state index contributed by atoms with van der Waals surface area (Å²) in [5.41, 5.74) is 6.87. The lowest BCUT2D eigenvalue weighted by molar-refractivity contribution is 0.0932. The number of benzene rings is 3. The fraction of sp³-hybridized carbons (Fsp3) is 0.125. The predicted molar refractivity (Wildman–Crippen MR) is 126 cm³/mol. The molecule has 0 saturated heterocycles. The van der Waals surface area contributed by atoms with Crippen LogP contribution in [-0.2, 0) is 6.42 Å².